The van der Waals surface area contributed by atoms with Gasteiger partial charge in [-0.2, -0.15) is 0 Å². The molecule has 4 rings (SSSR count). The summed E-state index contributed by atoms with van der Waals surface area (Å²) in [6.07, 6.45) is 7.05. The first kappa shape index (κ1) is 25.5. The summed E-state index contributed by atoms with van der Waals surface area (Å²) in [5.74, 6) is 6.39. The van der Waals surface area contributed by atoms with Crippen molar-refractivity contribution in [1.82, 2.24) is 24.4 Å². The average Bonchev–Trinajstić information content (AvgIpc) is 3.14. The number of hydrogen-bond acceptors (Lipinski definition) is 7. The number of piperidine rings is 1. The summed E-state index contributed by atoms with van der Waals surface area (Å²) in [5.41, 5.74) is 7.42. The molecule has 3 aromatic rings. The Morgan fingerprint density at radius 1 is 1.22 bits per heavy atom. The van der Waals surface area contributed by atoms with E-state index in [1.54, 1.807) is 24.9 Å². The molecule has 190 valence electrons. The van der Waals surface area contributed by atoms with Crippen LogP contribution >= 0.6 is 0 Å². The first-order valence-electron chi connectivity index (χ1n) is 12.2. The quantitative estimate of drug-likeness (QED) is 0.535. The number of fused-ring (bicyclic) bond motifs is 1. The third kappa shape index (κ3) is 6.32. The summed E-state index contributed by atoms with van der Waals surface area (Å²) in [7, 11) is 0. The zero-order chi connectivity index (χ0) is 26.1. The number of ether oxygens (including phenoxy) is 1. The van der Waals surface area contributed by atoms with Gasteiger partial charge in [0.2, 0.25) is 5.95 Å². The molecule has 0 saturated carbocycles. The first-order valence-corrected chi connectivity index (χ1v) is 12.2. The summed E-state index contributed by atoms with van der Waals surface area (Å²) in [6, 6.07) is 3.75. The van der Waals surface area contributed by atoms with Gasteiger partial charge in [0.1, 0.15) is 16.9 Å². The number of hydrogen-bond donors (Lipinski definition) is 2. The van der Waals surface area contributed by atoms with Crippen molar-refractivity contribution in [2.75, 3.05) is 18.8 Å². The molecule has 1 saturated heterocycles. The molecule has 0 aromatic carbocycles. The number of anilines is 1. The predicted molar refractivity (Wildman–Crippen MR) is 139 cm³/mol. The zero-order valence-electron chi connectivity index (χ0n) is 21.6. The number of amides is 1. The van der Waals surface area contributed by atoms with Gasteiger partial charge in [-0.25, -0.2) is 19.7 Å². The van der Waals surface area contributed by atoms with Crippen molar-refractivity contribution in [1.29, 1.82) is 0 Å². The topological polar surface area (TPSA) is 119 Å². The molecule has 3 N–H and O–H groups in total. The second-order valence-corrected chi connectivity index (χ2v) is 10.8. The van der Waals surface area contributed by atoms with E-state index < -0.39 is 11.2 Å². The van der Waals surface area contributed by atoms with Gasteiger partial charge >= 0.3 is 6.09 Å². The number of aromatic nitrogens is 4. The fourth-order valence-corrected chi connectivity index (χ4v) is 4.25. The monoisotopic (exact) mass is 490 g/mol. The lowest BCUT2D eigenvalue weighted by Crippen LogP contribution is -2.42. The van der Waals surface area contributed by atoms with Crippen LogP contribution < -0.4 is 5.73 Å². The smallest absolute Gasteiger partial charge is 0.410 e. The van der Waals surface area contributed by atoms with Crippen LogP contribution in [0.3, 0.4) is 0 Å². The van der Waals surface area contributed by atoms with Gasteiger partial charge in [-0.05, 0) is 71.4 Å². The van der Waals surface area contributed by atoms with E-state index in [1.807, 2.05) is 39.1 Å². The second kappa shape index (κ2) is 9.78. The number of likely N-dealkylation sites (tertiary alicyclic amines) is 1. The number of rotatable bonds is 3. The van der Waals surface area contributed by atoms with Crippen molar-refractivity contribution < 1.29 is 14.6 Å². The van der Waals surface area contributed by atoms with Crippen LogP contribution in [0.25, 0.3) is 22.2 Å². The molecule has 0 atom stereocenters. The molecular weight excluding hydrogens is 456 g/mol. The average molecular weight is 491 g/mol. The Balaban J connectivity index is 1.60. The van der Waals surface area contributed by atoms with Crippen LogP contribution in [-0.4, -0.2) is 59.9 Å². The molecule has 36 heavy (non-hydrogen) atoms. The van der Waals surface area contributed by atoms with Crippen LogP contribution in [0.4, 0.5) is 10.7 Å². The number of pyridine rings is 1. The van der Waals surface area contributed by atoms with Crippen LogP contribution in [0, 0.1) is 17.8 Å². The van der Waals surface area contributed by atoms with Crippen molar-refractivity contribution in [3.05, 3.63) is 36.4 Å². The number of carbonyl (C=O) groups is 1. The molecule has 9 heteroatoms. The van der Waals surface area contributed by atoms with Crippen LogP contribution in [0.5, 0.6) is 0 Å². The van der Waals surface area contributed by atoms with Gasteiger partial charge < -0.3 is 25.0 Å². The molecular formula is C27H34N6O3. The summed E-state index contributed by atoms with van der Waals surface area (Å²) in [5, 5.41) is 10.9. The lowest BCUT2D eigenvalue weighted by atomic mass is 9.97. The highest BCUT2D eigenvalue weighted by Gasteiger charge is 2.27. The largest absolute Gasteiger partial charge is 0.444 e. The maximum atomic E-state index is 12.4. The standard InChI is InChI=1S/C27H34N6O3/c1-26(2,3)36-25(34)32-12-8-18(9-13-32)16-33-17-21(22-7-11-29-24(28)31-22)20-14-19(30-15-23(20)33)6-10-27(4,5)35/h7,11,14-15,17-18,35H,8-9,12-13,16H2,1-5H3,(H2,28,29,31). The molecule has 3 aromatic heterocycles. The van der Waals surface area contributed by atoms with Crippen molar-refractivity contribution in [3.63, 3.8) is 0 Å². The summed E-state index contributed by atoms with van der Waals surface area (Å²) in [6.45, 7) is 11.0. The minimum Gasteiger partial charge on any atom is -0.444 e. The van der Waals surface area contributed by atoms with Crippen LogP contribution in [0.15, 0.2) is 30.7 Å². The molecule has 9 nitrogen and oxygen atoms in total. The molecule has 0 bridgehead atoms. The van der Waals surface area contributed by atoms with Gasteiger partial charge in [0.25, 0.3) is 0 Å². The van der Waals surface area contributed by atoms with E-state index in [0.29, 0.717) is 24.7 Å². The van der Waals surface area contributed by atoms with Gasteiger partial charge in [-0.3, -0.25) is 0 Å². The van der Waals surface area contributed by atoms with Crippen molar-refractivity contribution >= 4 is 22.9 Å². The molecule has 1 amide bonds. The number of nitrogen functional groups attached to an aromatic ring is 1. The van der Waals surface area contributed by atoms with Crippen LogP contribution in [0.2, 0.25) is 0 Å². The molecule has 0 radical (unpaired) electrons. The highest BCUT2D eigenvalue weighted by molar-refractivity contribution is 5.95. The molecule has 0 aliphatic carbocycles. The van der Waals surface area contributed by atoms with Crippen molar-refractivity contribution in [2.45, 2.75) is 65.2 Å². The molecule has 1 aliphatic rings. The van der Waals surface area contributed by atoms with E-state index in [0.717, 1.165) is 41.5 Å². The summed E-state index contributed by atoms with van der Waals surface area (Å²) >= 11 is 0. The highest BCUT2D eigenvalue weighted by Crippen LogP contribution is 2.32. The number of nitrogens with two attached hydrogens (primary N) is 1. The minimum atomic E-state index is -1.11. The summed E-state index contributed by atoms with van der Waals surface area (Å²) in [4.78, 5) is 27.2. The molecule has 1 fully saturated rings. The van der Waals surface area contributed by atoms with Gasteiger partial charge in [-0.15, -0.1) is 0 Å². The Bertz CT molecular complexity index is 1320. The molecule has 0 unspecified atom stereocenters. The van der Waals surface area contributed by atoms with Gasteiger partial charge in [0.15, 0.2) is 0 Å². The predicted octanol–water partition coefficient (Wildman–Crippen LogP) is 3.85. The zero-order valence-corrected chi connectivity index (χ0v) is 21.6. The minimum absolute atomic E-state index is 0.207. The normalized spacial score (nSPS) is 15.0. The van der Waals surface area contributed by atoms with E-state index in [-0.39, 0.29) is 12.0 Å². The van der Waals surface area contributed by atoms with Crippen LogP contribution in [0.1, 0.15) is 53.2 Å². The fourth-order valence-electron chi connectivity index (χ4n) is 4.25. The third-order valence-electron chi connectivity index (χ3n) is 5.94. The van der Waals surface area contributed by atoms with Crippen molar-refractivity contribution in [3.8, 4) is 23.1 Å². The van der Waals surface area contributed by atoms with Gasteiger partial charge in [-0.1, -0.05) is 5.92 Å². The third-order valence-corrected chi connectivity index (χ3v) is 5.94. The van der Waals surface area contributed by atoms with E-state index in [2.05, 4.69) is 37.6 Å². The van der Waals surface area contributed by atoms with Gasteiger partial charge in [0.05, 0.1) is 17.4 Å². The number of nitrogens with zero attached hydrogens (tertiary/aromatic N) is 5. The Morgan fingerprint density at radius 2 is 1.94 bits per heavy atom. The number of aliphatic hydroxyl groups is 1. The molecule has 0 spiro atoms. The van der Waals surface area contributed by atoms with Crippen molar-refractivity contribution in [2.24, 2.45) is 5.92 Å². The van der Waals surface area contributed by atoms with E-state index in [1.165, 1.54) is 0 Å². The second-order valence-electron chi connectivity index (χ2n) is 10.8. The lowest BCUT2D eigenvalue weighted by Gasteiger charge is -2.33. The van der Waals surface area contributed by atoms with Gasteiger partial charge in [0, 0.05) is 43.0 Å². The highest BCUT2D eigenvalue weighted by atomic mass is 16.6. The Labute approximate surface area is 211 Å². The Hall–Kier alpha value is -3.64. The maximum Gasteiger partial charge on any atom is 0.410 e. The van der Waals surface area contributed by atoms with E-state index >= 15 is 0 Å². The fraction of sp³-hybridized carbons (Fsp3) is 0.481. The molecule has 4 heterocycles. The number of carbonyl (C=O) groups excluding carboxylic acids is 1. The summed E-state index contributed by atoms with van der Waals surface area (Å²) < 4.78 is 7.72. The van der Waals surface area contributed by atoms with E-state index in [4.69, 9.17) is 10.5 Å². The Kier molecular flexibility index (Phi) is 6.92. The van der Waals surface area contributed by atoms with Crippen LogP contribution in [-0.2, 0) is 11.3 Å². The van der Waals surface area contributed by atoms with E-state index in [9.17, 15) is 9.90 Å². The lowest BCUT2D eigenvalue weighted by molar-refractivity contribution is 0.0178. The SMILES string of the molecule is CC(C)(O)C#Cc1cc2c(-c3ccnc(N)n3)cn(CC3CCN(C(=O)OC(C)(C)C)CC3)c2cn1. The first-order chi connectivity index (χ1) is 16.9. The maximum absolute atomic E-state index is 12.4. The Morgan fingerprint density at radius 3 is 2.58 bits per heavy atom. The molecule has 1 aliphatic heterocycles.